The summed E-state index contributed by atoms with van der Waals surface area (Å²) in [6.45, 7) is 0. The number of thiophene rings is 1. The van der Waals surface area contributed by atoms with Gasteiger partial charge in [-0.05, 0) is 36.4 Å². The molecule has 0 aliphatic carbocycles. The summed E-state index contributed by atoms with van der Waals surface area (Å²) in [5.74, 6) is 0. The van der Waals surface area contributed by atoms with E-state index in [2.05, 4.69) is 55.8 Å². The zero-order valence-electron chi connectivity index (χ0n) is 14.0. The zero-order chi connectivity index (χ0) is 17.0. The standard InChI is InChI=1S/C20H16N4S/c1-23-11-15(13-5-3-9-21-19(13)23)17-7-8-18(25-17)16-12-24(2)20-14(16)6-4-10-22-20/h3-12H,1-2H3. The van der Waals surface area contributed by atoms with Gasteiger partial charge in [-0.15, -0.1) is 11.3 Å². The van der Waals surface area contributed by atoms with Crippen LogP contribution in [0.2, 0.25) is 0 Å². The van der Waals surface area contributed by atoms with Crippen molar-refractivity contribution >= 4 is 33.4 Å². The van der Waals surface area contributed by atoms with E-state index in [1.807, 2.05) is 50.0 Å². The van der Waals surface area contributed by atoms with E-state index in [0.29, 0.717) is 0 Å². The Morgan fingerprint density at radius 1 is 0.720 bits per heavy atom. The topological polar surface area (TPSA) is 35.6 Å². The number of hydrogen-bond donors (Lipinski definition) is 0. The van der Waals surface area contributed by atoms with Gasteiger partial charge in [0.25, 0.3) is 0 Å². The molecule has 0 atom stereocenters. The van der Waals surface area contributed by atoms with Gasteiger partial charge in [-0.25, -0.2) is 9.97 Å². The predicted octanol–water partition coefficient (Wildman–Crippen LogP) is 4.86. The van der Waals surface area contributed by atoms with Crippen LogP contribution in [0, 0.1) is 0 Å². The number of aryl methyl sites for hydroxylation is 2. The van der Waals surface area contributed by atoms with Crippen LogP contribution >= 0.6 is 11.3 Å². The molecule has 5 aromatic rings. The lowest BCUT2D eigenvalue weighted by atomic mass is 10.1. The van der Waals surface area contributed by atoms with Crippen molar-refractivity contribution in [2.75, 3.05) is 0 Å². The van der Waals surface area contributed by atoms with Crippen molar-refractivity contribution in [3.05, 3.63) is 61.2 Å². The molecule has 0 fully saturated rings. The lowest BCUT2D eigenvalue weighted by Gasteiger charge is -1.95. The number of hydrogen-bond acceptors (Lipinski definition) is 3. The summed E-state index contributed by atoms with van der Waals surface area (Å²) in [6, 6.07) is 12.7. The van der Waals surface area contributed by atoms with E-state index in [1.54, 1.807) is 0 Å². The second-order valence-electron chi connectivity index (χ2n) is 6.22. The fraction of sp³-hybridized carbons (Fsp3) is 0.100. The van der Waals surface area contributed by atoms with Crippen molar-refractivity contribution in [3.63, 3.8) is 0 Å². The van der Waals surface area contributed by atoms with Gasteiger partial charge in [-0.1, -0.05) is 0 Å². The van der Waals surface area contributed by atoms with E-state index < -0.39 is 0 Å². The number of rotatable bonds is 2. The Morgan fingerprint density at radius 2 is 1.20 bits per heavy atom. The molecular weight excluding hydrogens is 328 g/mol. The Labute approximate surface area is 149 Å². The van der Waals surface area contributed by atoms with Gasteiger partial charge in [-0.2, -0.15) is 0 Å². The van der Waals surface area contributed by atoms with Crippen LogP contribution in [0.15, 0.2) is 61.2 Å². The first-order valence-electron chi connectivity index (χ1n) is 8.13. The smallest absolute Gasteiger partial charge is 0.140 e. The second kappa shape index (κ2) is 5.29. The Morgan fingerprint density at radius 3 is 1.68 bits per heavy atom. The highest BCUT2D eigenvalue weighted by Crippen LogP contribution is 2.40. The minimum absolute atomic E-state index is 1.02. The first kappa shape index (κ1) is 14.4. The molecule has 0 unspecified atom stereocenters. The van der Waals surface area contributed by atoms with Crippen LogP contribution in [0.1, 0.15) is 0 Å². The number of pyridine rings is 2. The molecule has 5 heteroatoms. The molecule has 25 heavy (non-hydrogen) atoms. The van der Waals surface area contributed by atoms with Gasteiger partial charge >= 0.3 is 0 Å². The monoisotopic (exact) mass is 344 g/mol. The minimum Gasteiger partial charge on any atom is -0.335 e. The Bertz CT molecular complexity index is 1130. The Balaban J connectivity index is 1.68. The molecule has 0 N–H and O–H groups in total. The van der Waals surface area contributed by atoms with Gasteiger partial charge in [0.15, 0.2) is 0 Å². The highest BCUT2D eigenvalue weighted by Gasteiger charge is 2.14. The van der Waals surface area contributed by atoms with Gasteiger partial charge in [-0.3, -0.25) is 0 Å². The maximum atomic E-state index is 4.49. The van der Waals surface area contributed by atoms with E-state index in [-0.39, 0.29) is 0 Å². The third-order valence-electron chi connectivity index (χ3n) is 4.60. The van der Waals surface area contributed by atoms with E-state index in [0.717, 1.165) is 11.3 Å². The van der Waals surface area contributed by atoms with E-state index >= 15 is 0 Å². The fourth-order valence-corrected chi connectivity index (χ4v) is 4.50. The molecule has 0 amide bonds. The quantitative estimate of drug-likeness (QED) is 0.459. The highest BCUT2D eigenvalue weighted by molar-refractivity contribution is 7.19. The number of aromatic nitrogens is 4. The third kappa shape index (κ3) is 2.13. The summed E-state index contributed by atoms with van der Waals surface area (Å²) in [5.41, 5.74) is 4.50. The summed E-state index contributed by atoms with van der Waals surface area (Å²) < 4.78 is 4.18. The van der Waals surface area contributed by atoms with E-state index in [9.17, 15) is 0 Å². The Hall–Kier alpha value is -2.92. The van der Waals surface area contributed by atoms with Crippen LogP contribution in [0.25, 0.3) is 42.9 Å². The van der Waals surface area contributed by atoms with Crippen LogP contribution in [0.3, 0.4) is 0 Å². The summed E-state index contributed by atoms with van der Waals surface area (Å²) in [6.07, 6.45) is 8.01. The fourth-order valence-electron chi connectivity index (χ4n) is 3.45. The van der Waals surface area contributed by atoms with Gasteiger partial charge in [0.2, 0.25) is 0 Å². The van der Waals surface area contributed by atoms with Crippen LogP contribution < -0.4 is 0 Å². The van der Waals surface area contributed by atoms with Crippen molar-refractivity contribution in [3.8, 4) is 20.9 Å². The number of nitrogens with zero attached hydrogens (tertiary/aromatic N) is 4. The molecule has 0 radical (unpaired) electrons. The van der Waals surface area contributed by atoms with Crippen molar-refractivity contribution in [2.24, 2.45) is 14.1 Å². The van der Waals surface area contributed by atoms with Crippen molar-refractivity contribution in [2.45, 2.75) is 0 Å². The molecular formula is C20H16N4S. The summed E-state index contributed by atoms with van der Waals surface area (Å²) >= 11 is 1.81. The van der Waals surface area contributed by atoms with Crippen molar-refractivity contribution in [1.82, 2.24) is 19.1 Å². The van der Waals surface area contributed by atoms with Gasteiger partial charge < -0.3 is 9.13 Å². The molecule has 5 heterocycles. The average molecular weight is 344 g/mol. The Kier molecular flexibility index (Phi) is 3.05. The van der Waals surface area contributed by atoms with Crippen molar-refractivity contribution < 1.29 is 0 Å². The van der Waals surface area contributed by atoms with E-state index in [1.165, 1.54) is 31.7 Å². The first-order chi connectivity index (χ1) is 12.2. The molecule has 0 aromatic carbocycles. The van der Waals surface area contributed by atoms with Crippen LogP contribution in [0.4, 0.5) is 0 Å². The van der Waals surface area contributed by atoms with Gasteiger partial charge in [0.05, 0.1) is 0 Å². The van der Waals surface area contributed by atoms with Gasteiger partial charge in [0, 0.05) is 70.5 Å². The molecule has 0 saturated heterocycles. The van der Waals surface area contributed by atoms with Crippen LogP contribution in [-0.2, 0) is 14.1 Å². The molecule has 5 aromatic heterocycles. The molecule has 0 spiro atoms. The molecule has 0 aliphatic rings. The SMILES string of the molecule is Cn1cc(-c2ccc(-c3cn(C)c4ncccc34)s2)c2cccnc21. The molecule has 0 aliphatic heterocycles. The van der Waals surface area contributed by atoms with Crippen molar-refractivity contribution in [1.29, 1.82) is 0 Å². The summed E-state index contributed by atoms with van der Waals surface area (Å²) in [4.78, 5) is 11.5. The molecule has 5 rings (SSSR count). The molecule has 0 bridgehead atoms. The molecule has 4 nitrogen and oxygen atoms in total. The number of fused-ring (bicyclic) bond motifs is 2. The summed E-state index contributed by atoms with van der Waals surface area (Å²) in [5, 5.41) is 2.39. The maximum absolute atomic E-state index is 4.49. The average Bonchev–Trinajstić information content (AvgIpc) is 3.33. The second-order valence-corrected chi connectivity index (χ2v) is 7.30. The molecule has 122 valence electrons. The normalized spacial score (nSPS) is 11.6. The first-order valence-corrected chi connectivity index (χ1v) is 8.95. The lowest BCUT2D eigenvalue weighted by molar-refractivity contribution is 0.949. The van der Waals surface area contributed by atoms with E-state index in [4.69, 9.17) is 0 Å². The lowest BCUT2D eigenvalue weighted by Crippen LogP contribution is -1.85. The maximum Gasteiger partial charge on any atom is 0.140 e. The third-order valence-corrected chi connectivity index (χ3v) is 5.76. The minimum atomic E-state index is 1.02. The zero-order valence-corrected chi connectivity index (χ0v) is 14.8. The summed E-state index contributed by atoms with van der Waals surface area (Å²) in [7, 11) is 4.09. The predicted molar refractivity (Wildman–Crippen MR) is 104 cm³/mol. The highest BCUT2D eigenvalue weighted by atomic mass is 32.1. The van der Waals surface area contributed by atoms with Gasteiger partial charge in [0.1, 0.15) is 11.3 Å². The largest absolute Gasteiger partial charge is 0.335 e. The van der Waals surface area contributed by atoms with Crippen LogP contribution in [-0.4, -0.2) is 19.1 Å². The molecule has 0 saturated carbocycles. The van der Waals surface area contributed by atoms with Crippen LogP contribution in [0.5, 0.6) is 0 Å².